The summed E-state index contributed by atoms with van der Waals surface area (Å²) in [6, 6.07) is 11.2. The van der Waals surface area contributed by atoms with E-state index in [0.717, 1.165) is 43.5 Å². The maximum atomic E-state index is 6.06. The number of nitrogens with one attached hydrogen (secondary N) is 3. The van der Waals surface area contributed by atoms with Gasteiger partial charge >= 0.3 is 0 Å². The Balaban J connectivity index is 1.36. The van der Waals surface area contributed by atoms with Gasteiger partial charge in [0.1, 0.15) is 11.0 Å². The van der Waals surface area contributed by atoms with Gasteiger partial charge in [0.25, 0.3) is 0 Å². The normalized spacial score (nSPS) is 14.7. The van der Waals surface area contributed by atoms with E-state index in [1.54, 1.807) is 6.07 Å². The molecule has 0 unspecified atom stereocenters. The Bertz CT molecular complexity index is 772. The van der Waals surface area contributed by atoms with Gasteiger partial charge in [0, 0.05) is 30.4 Å². The van der Waals surface area contributed by atoms with Crippen molar-refractivity contribution in [2.75, 3.05) is 24.1 Å². The molecule has 2 aromatic rings. The molecule has 3 rings (SSSR count). The van der Waals surface area contributed by atoms with Gasteiger partial charge in [-0.3, -0.25) is 0 Å². The zero-order valence-corrected chi connectivity index (χ0v) is 18.9. The molecule has 1 saturated carbocycles. The largest absolute Gasteiger partial charge is 0.398 e. The van der Waals surface area contributed by atoms with Gasteiger partial charge in [0.2, 0.25) is 0 Å². The predicted molar refractivity (Wildman–Crippen MR) is 128 cm³/mol. The fourth-order valence-corrected chi connectivity index (χ4v) is 4.30. The number of nitrogens with two attached hydrogens (primary N) is 1. The number of benzene rings is 1. The van der Waals surface area contributed by atoms with Crippen LogP contribution in [0.1, 0.15) is 62.1 Å². The minimum atomic E-state index is 0.419. The van der Waals surface area contributed by atoms with Crippen molar-refractivity contribution in [1.29, 1.82) is 0 Å². The summed E-state index contributed by atoms with van der Waals surface area (Å²) in [6.45, 7) is 5.83. The average molecular weight is 430 g/mol. The van der Waals surface area contributed by atoms with E-state index in [0.29, 0.717) is 17.4 Å². The zero-order chi connectivity index (χ0) is 21.2. The van der Waals surface area contributed by atoms with E-state index in [1.807, 2.05) is 0 Å². The van der Waals surface area contributed by atoms with Gasteiger partial charge in [0.15, 0.2) is 0 Å². The number of nitrogen functional groups attached to an aromatic ring is 1. The van der Waals surface area contributed by atoms with E-state index in [4.69, 9.17) is 17.3 Å². The topological polar surface area (TPSA) is 75.0 Å². The Morgan fingerprint density at radius 3 is 2.43 bits per heavy atom. The summed E-state index contributed by atoms with van der Waals surface area (Å²) in [5.74, 6) is 0.773. The van der Waals surface area contributed by atoms with Crippen molar-refractivity contribution >= 4 is 23.1 Å². The Hall–Kier alpha value is -1.82. The third kappa shape index (κ3) is 7.15. The molecule has 0 bridgehead atoms. The first kappa shape index (κ1) is 22.9. The summed E-state index contributed by atoms with van der Waals surface area (Å²) < 4.78 is 0. The molecule has 0 atom stereocenters. The lowest BCUT2D eigenvalue weighted by molar-refractivity contribution is 0.371. The molecular weight excluding hydrogens is 394 g/mol. The summed E-state index contributed by atoms with van der Waals surface area (Å²) in [5.41, 5.74) is 10.3. The Labute approximate surface area is 186 Å². The second-order valence-corrected chi connectivity index (χ2v) is 8.59. The second-order valence-electron chi connectivity index (χ2n) is 8.20. The minimum Gasteiger partial charge on any atom is -0.398 e. The van der Waals surface area contributed by atoms with Gasteiger partial charge in [-0.2, -0.15) is 0 Å². The molecule has 0 spiro atoms. The van der Waals surface area contributed by atoms with Gasteiger partial charge in [-0.05, 0) is 56.0 Å². The zero-order valence-electron chi connectivity index (χ0n) is 18.1. The molecule has 6 heteroatoms. The van der Waals surface area contributed by atoms with Crippen LogP contribution in [0.2, 0.25) is 5.15 Å². The van der Waals surface area contributed by atoms with Crippen LogP contribution in [-0.4, -0.2) is 24.1 Å². The number of nitrogens with zero attached hydrogens (tertiary/aromatic N) is 1. The molecule has 1 aliphatic rings. The fraction of sp³-hybridized carbons (Fsp3) is 0.542. The first-order chi connectivity index (χ1) is 14.7. The number of hydrogen-bond donors (Lipinski definition) is 4. The molecule has 1 aromatic heterocycles. The molecule has 1 aromatic carbocycles. The van der Waals surface area contributed by atoms with E-state index >= 15 is 0 Å². The average Bonchev–Trinajstić information content (AvgIpc) is 2.76. The Morgan fingerprint density at radius 1 is 1.03 bits per heavy atom. The van der Waals surface area contributed by atoms with Crippen molar-refractivity contribution in [3.05, 3.63) is 52.2 Å². The molecule has 30 heavy (non-hydrogen) atoms. The van der Waals surface area contributed by atoms with Crippen LogP contribution >= 0.6 is 11.6 Å². The SMILES string of the molecule is CCc1c(N)cc(Cl)nc1NCc1ccc(CNCCCNC2CCCCC2)cc1. The van der Waals surface area contributed by atoms with Crippen LogP contribution in [0, 0.1) is 0 Å². The highest BCUT2D eigenvalue weighted by molar-refractivity contribution is 6.29. The van der Waals surface area contributed by atoms with Crippen LogP contribution in [0.25, 0.3) is 0 Å². The highest BCUT2D eigenvalue weighted by Crippen LogP contribution is 2.25. The molecule has 1 aliphatic carbocycles. The van der Waals surface area contributed by atoms with Crippen molar-refractivity contribution in [3.63, 3.8) is 0 Å². The van der Waals surface area contributed by atoms with Gasteiger partial charge in [-0.25, -0.2) is 4.98 Å². The van der Waals surface area contributed by atoms with E-state index in [1.165, 1.54) is 49.7 Å². The smallest absolute Gasteiger partial charge is 0.133 e. The first-order valence-electron chi connectivity index (χ1n) is 11.4. The Morgan fingerprint density at radius 2 is 1.73 bits per heavy atom. The van der Waals surface area contributed by atoms with E-state index in [2.05, 4.69) is 52.1 Å². The molecule has 5 N–H and O–H groups in total. The van der Waals surface area contributed by atoms with Gasteiger partial charge in [0.05, 0.1) is 0 Å². The van der Waals surface area contributed by atoms with Gasteiger partial charge < -0.3 is 21.7 Å². The lowest BCUT2D eigenvalue weighted by atomic mass is 9.95. The van der Waals surface area contributed by atoms with Crippen LogP contribution in [0.4, 0.5) is 11.5 Å². The van der Waals surface area contributed by atoms with Crippen molar-refractivity contribution < 1.29 is 0 Å². The van der Waals surface area contributed by atoms with E-state index in [9.17, 15) is 0 Å². The lowest BCUT2D eigenvalue weighted by Crippen LogP contribution is -2.33. The maximum absolute atomic E-state index is 6.06. The standard InChI is InChI=1S/C24H36ClN5/c1-2-21-22(26)15-23(25)30-24(21)29-17-19-11-9-18(10-12-19)16-27-13-6-14-28-20-7-4-3-5-8-20/h9-12,15,20,27-28H,2-8,13-14,16-17H2,1H3,(H3,26,29,30). The van der Waals surface area contributed by atoms with Crippen LogP contribution in [0.15, 0.2) is 30.3 Å². The van der Waals surface area contributed by atoms with Crippen molar-refractivity contribution in [2.45, 2.75) is 71.0 Å². The molecule has 0 amide bonds. The number of aromatic nitrogens is 1. The van der Waals surface area contributed by atoms with E-state index < -0.39 is 0 Å². The third-order valence-electron chi connectivity index (χ3n) is 5.86. The van der Waals surface area contributed by atoms with E-state index in [-0.39, 0.29) is 0 Å². The monoisotopic (exact) mass is 429 g/mol. The molecular formula is C24H36ClN5. The van der Waals surface area contributed by atoms with Crippen molar-refractivity contribution in [2.24, 2.45) is 0 Å². The van der Waals surface area contributed by atoms with Crippen LogP contribution in [0.3, 0.4) is 0 Å². The summed E-state index contributed by atoms with van der Waals surface area (Å²) in [5, 5.41) is 11.0. The predicted octanol–water partition coefficient (Wildman–Crippen LogP) is 4.89. The number of hydrogen-bond acceptors (Lipinski definition) is 5. The molecule has 0 saturated heterocycles. The minimum absolute atomic E-state index is 0.419. The van der Waals surface area contributed by atoms with Crippen molar-refractivity contribution in [1.82, 2.24) is 15.6 Å². The van der Waals surface area contributed by atoms with Crippen LogP contribution < -0.4 is 21.7 Å². The summed E-state index contributed by atoms with van der Waals surface area (Å²) in [7, 11) is 0. The summed E-state index contributed by atoms with van der Waals surface area (Å²) >= 11 is 6.06. The summed E-state index contributed by atoms with van der Waals surface area (Å²) in [6.07, 6.45) is 8.91. The summed E-state index contributed by atoms with van der Waals surface area (Å²) in [4.78, 5) is 4.39. The first-order valence-corrected chi connectivity index (χ1v) is 11.7. The molecule has 1 fully saturated rings. The third-order valence-corrected chi connectivity index (χ3v) is 6.06. The highest BCUT2D eigenvalue weighted by atomic mass is 35.5. The molecule has 0 radical (unpaired) electrons. The lowest BCUT2D eigenvalue weighted by Gasteiger charge is -2.22. The number of rotatable bonds is 11. The second kappa shape index (κ2) is 12.1. The molecule has 0 aliphatic heterocycles. The van der Waals surface area contributed by atoms with Gasteiger partial charge in [-0.1, -0.05) is 62.1 Å². The highest BCUT2D eigenvalue weighted by Gasteiger charge is 2.11. The molecule has 5 nitrogen and oxygen atoms in total. The number of pyridine rings is 1. The maximum Gasteiger partial charge on any atom is 0.133 e. The number of halogens is 1. The van der Waals surface area contributed by atoms with Crippen molar-refractivity contribution in [3.8, 4) is 0 Å². The quantitative estimate of drug-likeness (QED) is 0.302. The number of anilines is 2. The molecule has 164 valence electrons. The Kier molecular flexibility index (Phi) is 9.25. The van der Waals surface area contributed by atoms with Crippen LogP contribution in [0.5, 0.6) is 0 Å². The van der Waals surface area contributed by atoms with Gasteiger partial charge in [-0.15, -0.1) is 0 Å². The molecule has 1 heterocycles. The fourth-order valence-electron chi connectivity index (χ4n) is 4.10. The van der Waals surface area contributed by atoms with Crippen LogP contribution in [-0.2, 0) is 19.5 Å².